The highest BCUT2D eigenvalue weighted by molar-refractivity contribution is 6.39. The van der Waals surface area contributed by atoms with Gasteiger partial charge in [-0.25, -0.2) is 4.79 Å². The monoisotopic (exact) mass is 224 g/mol. The number of ether oxygens (including phenoxy) is 1. The smallest absolute Gasteiger partial charge is 0.376 e. The van der Waals surface area contributed by atoms with Crippen molar-refractivity contribution in [1.29, 1.82) is 0 Å². The van der Waals surface area contributed by atoms with Crippen LogP contribution in [0.5, 0.6) is 0 Å². The molecule has 1 aliphatic carbocycles. The van der Waals surface area contributed by atoms with Crippen LogP contribution in [-0.2, 0) is 19.1 Å². The Labute approximate surface area is 94.3 Å². The van der Waals surface area contributed by atoms with Crippen molar-refractivity contribution in [3.63, 3.8) is 0 Å². The maximum absolute atomic E-state index is 11.9. The van der Waals surface area contributed by atoms with E-state index in [1.165, 1.54) is 6.42 Å². The molecule has 0 aromatic heterocycles. The van der Waals surface area contributed by atoms with Crippen molar-refractivity contribution in [2.45, 2.75) is 51.0 Å². The molecule has 0 amide bonds. The Morgan fingerprint density at radius 1 is 1.12 bits per heavy atom. The lowest BCUT2D eigenvalue weighted by Crippen LogP contribution is -2.53. The van der Waals surface area contributed by atoms with Crippen LogP contribution in [0, 0.1) is 5.92 Å². The Morgan fingerprint density at radius 3 is 2.38 bits per heavy atom. The fourth-order valence-corrected chi connectivity index (χ4v) is 2.66. The van der Waals surface area contributed by atoms with Gasteiger partial charge in [0.25, 0.3) is 0 Å². The van der Waals surface area contributed by atoms with Crippen LogP contribution in [0.3, 0.4) is 0 Å². The zero-order valence-electron chi connectivity index (χ0n) is 9.45. The Kier molecular flexibility index (Phi) is 2.82. The standard InChI is InChI=1S/C12H16O4/c1-12(8-5-3-2-4-6-8)10(14)7-9(13)11(15)16-12/h8H,2-7H2,1H3. The summed E-state index contributed by atoms with van der Waals surface area (Å²) >= 11 is 0. The second kappa shape index (κ2) is 4.00. The molecule has 0 aromatic carbocycles. The number of hydrogen-bond donors (Lipinski definition) is 0. The molecule has 1 saturated heterocycles. The number of rotatable bonds is 1. The third kappa shape index (κ3) is 1.77. The van der Waals surface area contributed by atoms with Gasteiger partial charge >= 0.3 is 5.97 Å². The van der Waals surface area contributed by atoms with Gasteiger partial charge in [-0.05, 0) is 19.8 Å². The molecule has 1 unspecified atom stereocenters. The minimum Gasteiger partial charge on any atom is -0.445 e. The lowest BCUT2D eigenvalue weighted by Gasteiger charge is -2.39. The number of Topliss-reactive ketones (excluding diaryl/α,β-unsaturated/α-hetero) is 2. The molecule has 1 heterocycles. The normalized spacial score (nSPS) is 32.7. The molecular formula is C12H16O4. The van der Waals surface area contributed by atoms with Crippen LogP contribution in [0.15, 0.2) is 0 Å². The van der Waals surface area contributed by atoms with Crippen molar-refractivity contribution in [2.24, 2.45) is 5.92 Å². The quantitative estimate of drug-likeness (QED) is 0.384. The second-order valence-corrected chi connectivity index (χ2v) is 4.85. The summed E-state index contributed by atoms with van der Waals surface area (Å²) < 4.78 is 5.10. The van der Waals surface area contributed by atoms with E-state index in [0.717, 1.165) is 25.7 Å². The van der Waals surface area contributed by atoms with Crippen LogP contribution < -0.4 is 0 Å². The van der Waals surface area contributed by atoms with Gasteiger partial charge in [-0.15, -0.1) is 0 Å². The van der Waals surface area contributed by atoms with Gasteiger partial charge in [0.05, 0.1) is 6.42 Å². The summed E-state index contributed by atoms with van der Waals surface area (Å²) in [5, 5.41) is 0. The minimum absolute atomic E-state index is 0.0887. The second-order valence-electron chi connectivity index (χ2n) is 4.85. The van der Waals surface area contributed by atoms with Gasteiger partial charge in [-0.3, -0.25) is 9.59 Å². The fraction of sp³-hybridized carbons (Fsp3) is 0.750. The van der Waals surface area contributed by atoms with E-state index in [4.69, 9.17) is 4.74 Å². The van der Waals surface area contributed by atoms with E-state index in [0.29, 0.717) is 0 Å². The minimum atomic E-state index is -1.05. The lowest BCUT2D eigenvalue weighted by atomic mass is 9.74. The summed E-state index contributed by atoms with van der Waals surface area (Å²) in [4.78, 5) is 34.2. The van der Waals surface area contributed by atoms with E-state index < -0.39 is 17.4 Å². The third-order valence-electron chi connectivity index (χ3n) is 3.79. The number of carbonyl (C=O) groups excluding carboxylic acids is 3. The van der Waals surface area contributed by atoms with E-state index in [-0.39, 0.29) is 18.1 Å². The van der Waals surface area contributed by atoms with Crippen molar-refractivity contribution in [2.75, 3.05) is 0 Å². The van der Waals surface area contributed by atoms with E-state index >= 15 is 0 Å². The average Bonchev–Trinajstić information content (AvgIpc) is 2.28. The molecule has 0 radical (unpaired) electrons. The van der Waals surface area contributed by atoms with Crippen LogP contribution in [0.2, 0.25) is 0 Å². The fourth-order valence-electron chi connectivity index (χ4n) is 2.66. The van der Waals surface area contributed by atoms with Crippen LogP contribution in [0.25, 0.3) is 0 Å². The lowest BCUT2D eigenvalue weighted by molar-refractivity contribution is -0.183. The van der Waals surface area contributed by atoms with Gasteiger partial charge in [-0.1, -0.05) is 19.3 Å². The summed E-state index contributed by atoms with van der Waals surface area (Å²) in [5.74, 6) is -1.69. The number of esters is 1. The van der Waals surface area contributed by atoms with Crippen molar-refractivity contribution < 1.29 is 19.1 Å². The Morgan fingerprint density at radius 2 is 1.75 bits per heavy atom. The van der Waals surface area contributed by atoms with Crippen LogP contribution >= 0.6 is 0 Å². The van der Waals surface area contributed by atoms with Gasteiger partial charge in [0, 0.05) is 5.92 Å². The number of carbonyl (C=O) groups is 3. The predicted molar refractivity (Wildman–Crippen MR) is 55.7 cm³/mol. The zero-order chi connectivity index (χ0) is 11.8. The van der Waals surface area contributed by atoms with Gasteiger partial charge in [-0.2, -0.15) is 0 Å². The van der Waals surface area contributed by atoms with E-state index in [2.05, 4.69) is 0 Å². The van der Waals surface area contributed by atoms with Gasteiger partial charge in [0.1, 0.15) is 0 Å². The average molecular weight is 224 g/mol. The summed E-state index contributed by atoms with van der Waals surface area (Å²) in [6.45, 7) is 1.66. The highest BCUT2D eigenvalue weighted by atomic mass is 16.6. The maximum Gasteiger partial charge on any atom is 0.376 e. The Bertz CT molecular complexity index is 341. The first-order valence-corrected chi connectivity index (χ1v) is 5.83. The van der Waals surface area contributed by atoms with Crippen molar-refractivity contribution in [1.82, 2.24) is 0 Å². The molecule has 16 heavy (non-hydrogen) atoms. The van der Waals surface area contributed by atoms with Crippen LogP contribution in [0.4, 0.5) is 0 Å². The number of cyclic esters (lactones) is 1. The van der Waals surface area contributed by atoms with Crippen molar-refractivity contribution >= 4 is 17.5 Å². The molecule has 1 saturated carbocycles. The largest absolute Gasteiger partial charge is 0.445 e. The summed E-state index contributed by atoms with van der Waals surface area (Å²) in [6.07, 6.45) is 4.84. The SMILES string of the molecule is CC1(C2CCCCC2)OC(=O)C(=O)CC1=O. The van der Waals surface area contributed by atoms with Gasteiger partial charge in [0.2, 0.25) is 5.78 Å². The molecule has 2 fully saturated rings. The van der Waals surface area contributed by atoms with E-state index in [1.807, 2.05) is 0 Å². The highest BCUT2D eigenvalue weighted by Gasteiger charge is 2.49. The number of hydrogen-bond acceptors (Lipinski definition) is 4. The van der Waals surface area contributed by atoms with Crippen molar-refractivity contribution in [3.05, 3.63) is 0 Å². The van der Waals surface area contributed by atoms with Crippen molar-refractivity contribution in [3.8, 4) is 0 Å². The van der Waals surface area contributed by atoms with Gasteiger partial charge < -0.3 is 4.74 Å². The van der Waals surface area contributed by atoms with E-state index in [9.17, 15) is 14.4 Å². The Balaban J connectivity index is 2.18. The Hall–Kier alpha value is -1.19. The zero-order valence-corrected chi connectivity index (χ0v) is 9.45. The summed E-state index contributed by atoms with van der Waals surface area (Å²) in [6, 6.07) is 0. The molecule has 2 aliphatic rings. The first kappa shape index (κ1) is 11.3. The molecule has 1 atom stereocenters. The molecule has 0 bridgehead atoms. The summed E-state index contributed by atoms with van der Waals surface area (Å²) in [5.41, 5.74) is -1.05. The molecule has 4 heteroatoms. The molecule has 0 aromatic rings. The molecule has 2 rings (SSSR count). The highest BCUT2D eigenvalue weighted by Crippen LogP contribution is 2.38. The summed E-state index contributed by atoms with van der Waals surface area (Å²) in [7, 11) is 0. The van der Waals surface area contributed by atoms with E-state index in [1.54, 1.807) is 6.92 Å². The predicted octanol–water partition coefficient (Wildman–Crippen LogP) is 1.41. The van der Waals surface area contributed by atoms with Crippen LogP contribution in [0.1, 0.15) is 45.4 Å². The first-order chi connectivity index (χ1) is 7.54. The molecule has 88 valence electrons. The third-order valence-corrected chi connectivity index (χ3v) is 3.79. The maximum atomic E-state index is 11.9. The first-order valence-electron chi connectivity index (χ1n) is 5.83. The molecule has 4 nitrogen and oxygen atoms in total. The van der Waals surface area contributed by atoms with Gasteiger partial charge in [0.15, 0.2) is 11.4 Å². The van der Waals surface area contributed by atoms with Crippen LogP contribution in [-0.4, -0.2) is 23.1 Å². The molecular weight excluding hydrogens is 208 g/mol. The number of ketones is 2. The molecule has 1 aliphatic heterocycles. The molecule has 0 spiro atoms. The topological polar surface area (TPSA) is 60.4 Å². The molecule has 0 N–H and O–H groups in total.